The SMILES string of the molecule is C[C@@H]1CN(C(=O)OC(C)(C)C)[C@@H](C)CN1c1ncnc2c1C1(CCCC1)CN2c1cc(C#N)ccn1. The van der Waals surface area contributed by atoms with Crippen molar-refractivity contribution in [2.24, 2.45) is 0 Å². The van der Waals surface area contributed by atoms with Gasteiger partial charge in [-0.3, -0.25) is 0 Å². The van der Waals surface area contributed by atoms with Crippen molar-refractivity contribution >= 4 is 23.5 Å². The predicted molar refractivity (Wildman–Crippen MR) is 137 cm³/mol. The number of anilines is 3. The molecule has 2 aliphatic heterocycles. The Bertz CT molecular complexity index is 1200. The lowest BCUT2D eigenvalue weighted by Crippen LogP contribution is -2.59. The highest BCUT2D eigenvalue weighted by Gasteiger charge is 2.50. The Morgan fingerprint density at radius 2 is 1.83 bits per heavy atom. The van der Waals surface area contributed by atoms with Crippen LogP contribution in [0.15, 0.2) is 24.7 Å². The molecule has 5 rings (SSSR count). The predicted octanol–water partition coefficient (Wildman–Crippen LogP) is 4.54. The molecule has 4 heterocycles. The van der Waals surface area contributed by atoms with E-state index in [2.05, 4.69) is 34.7 Å². The summed E-state index contributed by atoms with van der Waals surface area (Å²) in [5.41, 5.74) is 1.21. The summed E-state index contributed by atoms with van der Waals surface area (Å²) >= 11 is 0. The number of aromatic nitrogens is 3. The maximum absolute atomic E-state index is 12.9. The highest BCUT2D eigenvalue weighted by molar-refractivity contribution is 5.75. The van der Waals surface area contributed by atoms with Gasteiger partial charge in [0.25, 0.3) is 0 Å². The molecule has 2 atom stereocenters. The molecule has 1 saturated carbocycles. The van der Waals surface area contributed by atoms with E-state index in [-0.39, 0.29) is 23.6 Å². The van der Waals surface area contributed by atoms with Gasteiger partial charge in [-0.2, -0.15) is 5.26 Å². The van der Waals surface area contributed by atoms with Gasteiger partial charge in [0.1, 0.15) is 29.4 Å². The number of hydrogen-bond acceptors (Lipinski definition) is 8. The van der Waals surface area contributed by atoms with Gasteiger partial charge in [-0.25, -0.2) is 19.7 Å². The van der Waals surface area contributed by atoms with Crippen molar-refractivity contribution in [3.63, 3.8) is 0 Å². The monoisotopic (exact) mass is 489 g/mol. The molecule has 2 aromatic rings. The minimum absolute atomic E-state index is 0.0207. The Hall–Kier alpha value is -3.41. The molecule has 190 valence electrons. The van der Waals surface area contributed by atoms with Crippen LogP contribution < -0.4 is 9.80 Å². The lowest BCUT2D eigenvalue weighted by molar-refractivity contribution is 0.0129. The number of pyridine rings is 1. The number of ether oxygens (including phenoxy) is 1. The van der Waals surface area contributed by atoms with Crippen molar-refractivity contribution in [1.29, 1.82) is 5.26 Å². The molecule has 9 heteroatoms. The number of carbonyl (C=O) groups is 1. The van der Waals surface area contributed by atoms with Crippen LogP contribution in [0, 0.1) is 11.3 Å². The zero-order chi connectivity index (χ0) is 25.7. The first kappa shape index (κ1) is 24.3. The van der Waals surface area contributed by atoms with E-state index >= 15 is 0 Å². The number of rotatable bonds is 2. The van der Waals surface area contributed by atoms with Gasteiger partial charge in [0.05, 0.1) is 11.6 Å². The normalized spacial score (nSPS) is 23.1. The van der Waals surface area contributed by atoms with E-state index in [0.29, 0.717) is 18.7 Å². The van der Waals surface area contributed by atoms with Crippen LogP contribution >= 0.6 is 0 Å². The number of nitriles is 1. The zero-order valence-corrected chi connectivity index (χ0v) is 21.9. The third-order valence-electron chi connectivity index (χ3n) is 7.65. The molecule has 0 N–H and O–H groups in total. The van der Waals surface area contributed by atoms with E-state index in [9.17, 15) is 10.1 Å². The quantitative estimate of drug-likeness (QED) is 0.606. The first-order valence-electron chi connectivity index (χ1n) is 12.9. The molecule has 1 amide bonds. The summed E-state index contributed by atoms with van der Waals surface area (Å²) in [6.45, 7) is 11.9. The number of amides is 1. The summed E-state index contributed by atoms with van der Waals surface area (Å²) in [5, 5.41) is 9.43. The Balaban J connectivity index is 1.51. The van der Waals surface area contributed by atoms with Crippen LogP contribution in [0.3, 0.4) is 0 Å². The molecule has 1 saturated heterocycles. The van der Waals surface area contributed by atoms with E-state index in [1.807, 2.05) is 31.7 Å². The maximum atomic E-state index is 12.9. The molecular weight excluding hydrogens is 454 g/mol. The molecule has 36 heavy (non-hydrogen) atoms. The van der Waals surface area contributed by atoms with E-state index < -0.39 is 5.60 Å². The average molecular weight is 490 g/mol. The maximum Gasteiger partial charge on any atom is 0.410 e. The van der Waals surface area contributed by atoms with Crippen molar-refractivity contribution in [2.75, 3.05) is 29.4 Å². The number of piperazine rings is 1. The first-order chi connectivity index (χ1) is 17.1. The second-order valence-corrected chi connectivity index (χ2v) is 11.5. The smallest absolute Gasteiger partial charge is 0.410 e. The van der Waals surface area contributed by atoms with E-state index in [1.54, 1.807) is 18.6 Å². The number of hydrogen-bond donors (Lipinski definition) is 0. The molecule has 2 aromatic heterocycles. The van der Waals surface area contributed by atoms with Gasteiger partial charge in [0, 0.05) is 48.9 Å². The fourth-order valence-electron chi connectivity index (χ4n) is 6.00. The number of carbonyl (C=O) groups excluding carboxylic acids is 1. The van der Waals surface area contributed by atoms with Gasteiger partial charge in [0.2, 0.25) is 0 Å². The highest BCUT2D eigenvalue weighted by Crippen LogP contribution is 2.54. The van der Waals surface area contributed by atoms with Crippen molar-refractivity contribution in [3.8, 4) is 6.07 Å². The summed E-state index contributed by atoms with van der Waals surface area (Å²) in [7, 11) is 0. The van der Waals surface area contributed by atoms with Gasteiger partial charge >= 0.3 is 6.09 Å². The molecule has 1 spiro atoms. The second-order valence-electron chi connectivity index (χ2n) is 11.5. The Kier molecular flexibility index (Phi) is 6.01. The molecule has 0 aromatic carbocycles. The highest BCUT2D eigenvalue weighted by atomic mass is 16.6. The molecule has 0 unspecified atom stereocenters. The zero-order valence-electron chi connectivity index (χ0n) is 21.9. The second kappa shape index (κ2) is 8.91. The summed E-state index contributed by atoms with van der Waals surface area (Å²) in [4.78, 5) is 33.4. The van der Waals surface area contributed by atoms with E-state index in [1.165, 1.54) is 18.4 Å². The standard InChI is InChI=1S/C27H35N7O2/c1-18-15-33(25(35)36-26(3,4)5)19(2)14-32(18)23-22-24(31-17-30-23)34(16-27(22)9-6-7-10-27)21-12-20(13-28)8-11-29-21/h8,11-12,17-19H,6-7,9-10,14-16H2,1-5H3/t18-,19+/m1/s1. The fourth-order valence-corrected chi connectivity index (χ4v) is 6.00. The lowest BCUT2D eigenvalue weighted by atomic mass is 9.81. The van der Waals surface area contributed by atoms with Crippen LogP contribution in [0.5, 0.6) is 0 Å². The van der Waals surface area contributed by atoms with E-state index in [4.69, 9.17) is 14.7 Å². The van der Waals surface area contributed by atoms with Gasteiger partial charge in [-0.05, 0) is 59.6 Å². The third kappa shape index (κ3) is 4.23. The fraction of sp³-hybridized carbons (Fsp3) is 0.593. The molecule has 2 fully saturated rings. The van der Waals surface area contributed by atoms with Crippen molar-refractivity contribution in [3.05, 3.63) is 35.8 Å². The average Bonchev–Trinajstić information content (AvgIpc) is 3.44. The van der Waals surface area contributed by atoms with Crippen LogP contribution in [0.1, 0.15) is 71.4 Å². The van der Waals surface area contributed by atoms with Crippen LogP contribution in [-0.4, -0.2) is 63.3 Å². The summed E-state index contributed by atoms with van der Waals surface area (Å²) in [5.74, 6) is 2.60. The molecule has 3 aliphatic rings. The molecule has 0 radical (unpaired) electrons. The van der Waals surface area contributed by atoms with Crippen molar-refractivity contribution in [2.45, 2.75) is 83.4 Å². The minimum atomic E-state index is -0.528. The van der Waals surface area contributed by atoms with Gasteiger partial charge < -0.3 is 19.4 Å². The summed E-state index contributed by atoms with van der Waals surface area (Å²) in [6.07, 6.45) is 7.57. The topological polar surface area (TPSA) is 98.5 Å². The van der Waals surface area contributed by atoms with Crippen molar-refractivity contribution < 1.29 is 9.53 Å². The summed E-state index contributed by atoms with van der Waals surface area (Å²) < 4.78 is 5.68. The van der Waals surface area contributed by atoms with Crippen LogP contribution in [0.25, 0.3) is 0 Å². The molecule has 0 bridgehead atoms. The van der Waals surface area contributed by atoms with E-state index in [0.717, 1.165) is 36.8 Å². The Labute approximate surface area is 213 Å². The molecule has 1 aliphatic carbocycles. The summed E-state index contributed by atoms with van der Waals surface area (Å²) in [6, 6.07) is 5.84. The lowest BCUT2D eigenvalue weighted by Gasteiger charge is -2.45. The van der Waals surface area contributed by atoms with Gasteiger partial charge in [-0.1, -0.05) is 12.8 Å². The van der Waals surface area contributed by atoms with Gasteiger partial charge in [0.15, 0.2) is 0 Å². The van der Waals surface area contributed by atoms with Crippen LogP contribution in [0.2, 0.25) is 0 Å². The Morgan fingerprint density at radius 1 is 1.11 bits per heavy atom. The number of fused-ring (bicyclic) bond motifs is 2. The third-order valence-corrected chi connectivity index (χ3v) is 7.65. The molecular formula is C27H35N7O2. The largest absolute Gasteiger partial charge is 0.444 e. The van der Waals surface area contributed by atoms with Crippen molar-refractivity contribution in [1.82, 2.24) is 19.9 Å². The van der Waals surface area contributed by atoms with Gasteiger partial charge in [-0.15, -0.1) is 0 Å². The van der Waals surface area contributed by atoms with Crippen LogP contribution in [-0.2, 0) is 10.2 Å². The minimum Gasteiger partial charge on any atom is -0.444 e. The Morgan fingerprint density at radius 3 is 2.53 bits per heavy atom. The van der Waals surface area contributed by atoms with Crippen LogP contribution in [0.4, 0.5) is 22.2 Å². The number of nitrogens with zero attached hydrogens (tertiary/aromatic N) is 7. The molecule has 9 nitrogen and oxygen atoms in total. The first-order valence-corrected chi connectivity index (χ1v) is 12.9.